The highest BCUT2D eigenvalue weighted by molar-refractivity contribution is 9.12. The molecular weight excluding hydrogens is 484 g/mol. The summed E-state index contributed by atoms with van der Waals surface area (Å²) in [5.41, 5.74) is 0.537. The number of Topliss-reactive ketones (excluding diaryl/α,β-unsaturated/α-hetero) is 1. The number of hydrogen-bond acceptors (Lipinski definition) is 5. The van der Waals surface area contributed by atoms with Crippen molar-refractivity contribution in [2.75, 3.05) is 13.2 Å². The van der Waals surface area contributed by atoms with Crippen LogP contribution in [-0.2, 0) is 19.0 Å². The Labute approximate surface area is 204 Å². The van der Waals surface area contributed by atoms with Crippen LogP contribution in [0.3, 0.4) is 0 Å². The van der Waals surface area contributed by atoms with E-state index in [9.17, 15) is 9.59 Å². The first kappa shape index (κ1) is 24.2. The molecule has 3 fully saturated rings. The van der Waals surface area contributed by atoms with Gasteiger partial charge in [0, 0.05) is 37.5 Å². The van der Waals surface area contributed by atoms with Gasteiger partial charge in [-0.15, -0.1) is 11.8 Å². The summed E-state index contributed by atoms with van der Waals surface area (Å²) in [5, 5.41) is 0. The summed E-state index contributed by atoms with van der Waals surface area (Å²) in [4.78, 5) is 25.8. The van der Waals surface area contributed by atoms with Gasteiger partial charge in [-0.1, -0.05) is 38.1 Å². The second-order valence-corrected chi connectivity index (χ2v) is 10.1. The van der Waals surface area contributed by atoms with E-state index in [-0.39, 0.29) is 35.6 Å². The molecule has 0 bridgehead atoms. The van der Waals surface area contributed by atoms with Crippen LogP contribution in [0, 0.1) is 35.5 Å². The molecule has 33 heavy (non-hydrogen) atoms. The van der Waals surface area contributed by atoms with Crippen LogP contribution in [0.1, 0.15) is 56.3 Å². The molecule has 1 aromatic rings. The van der Waals surface area contributed by atoms with Crippen LogP contribution in [0.15, 0.2) is 40.9 Å². The SMILES string of the molecule is CCC#CC[C@H](C)C(=O)/C(Br)=C/[C@@H]1[C@H]2CC3(C[C@H]2C[C@H]1OC(=O)c1ccccc1)OCCO3. The Morgan fingerprint density at radius 1 is 1.21 bits per heavy atom. The van der Waals surface area contributed by atoms with Gasteiger partial charge in [0.05, 0.1) is 23.3 Å². The molecule has 1 heterocycles. The molecule has 176 valence electrons. The van der Waals surface area contributed by atoms with Gasteiger partial charge >= 0.3 is 5.97 Å². The molecular formula is C27H31BrO5. The van der Waals surface area contributed by atoms with Gasteiger partial charge in [0.15, 0.2) is 11.6 Å². The average Bonchev–Trinajstić information content (AvgIpc) is 3.50. The van der Waals surface area contributed by atoms with E-state index in [0.717, 1.165) is 25.7 Å². The predicted octanol–water partition coefficient (Wildman–Crippen LogP) is 5.29. The summed E-state index contributed by atoms with van der Waals surface area (Å²) >= 11 is 3.53. The quantitative estimate of drug-likeness (QED) is 0.293. The Balaban J connectivity index is 1.53. The lowest BCUT2D eigenvalue weighted by Gasteiger charge is -2.27. The highest BCUT2D eigenvalue weighted by Crippen LogP contribution is 2.55. The van der Waals surface area contributed by atoms with Crippen molar-refractivity contribution in [3.8, 4) is 11.8 Å². The first-order valence-corrected chi connectivity index (χ1v) is 12.6. The molecule has 4 rings (SSSR count). The van der Waals surface area contributed by atoms with Crippen LogP contribution in [0.5, 0.6) is 0 Å². The van der Waals surface area contributed by atoms with Crippen molar-refractivity contribution < 1.29 is 23.8 Å². The third kappa shape index (κ3) is 5.42. The number of carbonyl (C=O) groups excluding carboxylic acids is 2. The van der Waals surface area contributed by atoms with Crippen LogP contribution in [-0.4, -0.2) is 36.9 Å². The maximum Gasteiger partial charge on any atom is 0.338 e. The summed E-state index contributed by atoms with van der Waals surface area (Å²) in [7, 11) is 0. The van der Waals surface area contributed by atoms with Gasteiger partial charge in [0.2, 0.25) is 0 Å². The Morgan fingerprint density at radius 3 is 2.64 bits per heavy atom. The monoisotopic (exact) mass is 514 g/mol. The number of esters is 1. The van der Waals surface area contributed by atoms with Crippen molar-refractivity contribution in [1.82, 2.24) is 0 Å². The van der Waals surface area contributed by atoms with E-state index >= 15 is 0 Å². The molecule has 5 nitrogen and oxygen atoms in total. The lowest BCUT2D eigenvalue weighted by Crippen LogP contribution is -2.31. The number of ether oxygens (including phenoxy) is 3. The molecule has 0 N–H and O–H groups in total. The summed E-state index contributed by atoms with van der Waals surface area (Å²) < 4.78 is 18.5. The zero-order valence-electron chi connectivity index (χ0n) is 19.2. The predicted molar refractivity (Wildman–Crippen MR) is 128 cm³/mol. The highest BCUT2D eigenvalue weighted by Gasteiger charge is 2.57. The van der Waals surface area contributed by atoms with Crippen molar-refractivity contribution in [3.63, 3.8) is 0 Å². The minimum absolute atomic E-state index is 0.0260. The molecule has 6 heteroatoms. The minimum atomic E-state index is -0.519. The number of fused-ring (bicyclic) bond motifs is 1. The van der Waals surface area contributed by atoms with E-state index in [1.165, 1.54) is 0 Å². The number of halogens is 1. The lowest BCUT2D eigenvalue weighted by molar-refractivity contribution is -0.157. The van der Waals surface area contributed by atoms with E-state index in [1.807, 2.05) is 38.1 Å². The summed E-state index contributed by atoms with van der Waals surface area (Å²) in [6.07, 6.45) is 5.29. The average molecular weight is 515 g/mol. The molecule has 2 aliphatic carbocycles. The Morgan fingerprint density at radius 2 is 1.94 bits per heavy atom. The first-order valence-electron chi connectivity index (χ1n) is 11.8. The normalized spacial score (nSPS) is 28.8. The smallest absolute Gasteiger partial charge is 0.338 e. The maximum atomic E-state index is 13.0. The molecule has 5 atom stereocenters. The second-order valence-electron chi connectivity index (χ2n) is 9.25. The lowest BCUT2D eigenvalue weighted by atomic mass is 9.89. The molecule has 0 aromatic heterocycles. The largest absolute Gasteiger partial charge is 0.458 e. The van der Waals surface area contributed by atoms with Gasteiger partial charge in [0.25, 0.3) is 0 Å². The molecule has 1 aliphatic heterocycles. The van der Waals surface area contributed by atoms with Crippen molar-refractivity contribution in [2.45, 2.75) is 57.8 Å². The van der Waals surface area contributed by atoms with Gasteiger partial charge in [-0.05, 0) is 46.3 Å². The number of rotatable bonds is 6. The number of ketones is 1. The van der Waals surface area contributed by atoms with Crippen LogP contribution in [0.4, 0.5) is 0 Å². The number of allylic oxidation sites excluding steroid dienone is 1. The zero-order valence-corrected chi connectivity index (χ0v) is 20.8. The Kier molecular flexibility index (Phi) is 7.73. The molecule has 0 unspecified atom stereocenters. The van der Waals surface area contributed by atoms with Gasteiger partial charge in [0.1, 0.15) is 6.10 Å². The summed E-state index contributed by atoms with van der Waals surface area (Å²) in [6, 6.07) is 9.05. The van der Waals surface area contributed by atoms with Crippen LogP contribution in [0.25, 0.3) is 0 Å². The highest BCUT2D eigenvalue weighted by atomic mass is 79.9. The molecule has 1 spiro atoms. The molecule has 2 saturated carbocycles. The fourth-order valence-electron chi connectivity index (χ4n) is 5.40. The third-order valence-electron chi connectivity index (χ3n) is 7.00. The molecule has 1 saturated heterocycles. The first-order chi connectivity index (χ1) is 15.9. The standard InChI is InChI=1S/C27H31BrO5/c1-3-4-6-9-18(2)25(29)23(28)15-21-22-17-27(31-12-13-32-27)16-20(22)14-24(21)33-26(30)19-10-7-5-8-11-19/h5,7-8,10-11,15,18,20-22,24H,3,9,12-14,16-17H2,1-2H3/b23-15-/t18-,20+,21+,22-,24+/m0/s1. The molecule has 0 radical (unpaired) electrons. The van der Waals surface area contributed by atoms with Crippen molar-refractivity contribution in [1.29, 1.82) is 0 Å². The van der Waals surface area contributed by atoms with E-state index in [1.54, 1.807) is 12.1 Å². The molecule has 1 aromatic carbocycles. The Bertz CT molecular complexity index is 954. The van der Waals surface area contributed by atoms with Gasteiger partial charge in [-0.25, -0.2) is 4.79 Å². The fraction of sp³-hybridized carbons (Fsp3) is 0.556. The van der Waals surface area contributed by atoms with Gasteiger partial charge in [-0.2, -0.15) is 0 Å². The maximum absolute atomic E-state index is 13.0. The van der Waals surface area contributed by atoms with Gasteiger partial charge in [-0.3, -0.25) is 4.79 Å². The minimum Gasteiger partial charge on any atom is -0.458 e. The van der Waals surface area contributed by atoms with E-state index in [4.69, 9.17) is 14.2 Å². The molecule has 3 aliphatic rings. The number of carbonyl (C=O) groups is 2. The topological polar surface area (TPSA) is 61.8 Å². The van der Waals surface area contributed by atoms with Crippen molar-refractivity contribution in [3.05, 3.63) is 46.5 Å². The number of hydrogen-bond donors (Lipinski definition) is 0. The van der Waals surface area contributed by atoms with Crippen molar-refractivity contribution in [2.24, 2.45) is 23.7 Å². The third-order valence-corrected chi connectivity index (χ3v) is 7.65. The van der Waals surface area contributed by atoms with E-state index < -0.39 is 5.79 Å². The van der Waals surface area contributed by atoms with E-state index in [0.29, 0.717) is 35.6 Å². The van der Waals surface area contributed by atoms with E-state index in [2.05, 4.69) is 27.8 Å². The van der Waals surface area contributed by atoms with Crippen LogP contribution in [0.2, 0.25) is 0 Å². The van der Waals surface area contributed by atoms with Crippen LogP contribution >= 0.6 is 15.9 Å². The summed E-state index contributed by atoms with van der Waals surface area (Å²) in [6.45, 7) is 5.13. The fourth-order valence-corrected chi connectivity index (χ4v) is 6.10. The zero-order chi connectivity index (χ0) is 23.4. The Hall–Kier alpha value is -1.94. The number of benzene rings is 1. The molecule has 0 amide bonds. The second kappa shape index (κ2) is 10.5. The van der Waals surface area contributed by atoms with Crippen molar-refractivity contribution >= 4 is 27.7 Å². The van der Waals surface area contributed by atoms with Crippen LogP contribution < -0.4 is 0 Å². The summed E-state index contributed by atoms with van der Waals surface area (Å²) in [5.74, 6) is 5.54. The van der Waals surface area contributed by atoms with Gasteiger partial charge < -0.3 is 14.2 Å².